The van der Waals surface area contributed by atoms with Crippen molar-refractivity contribution in [2.75, 3.05) is 17.4 Å². The molecular formula is C21H19F2N3O4. The fourth-order valence-electron chi connectivity index (χ4n) is 3.02. The fraction of sp³-hybridized carbons (Fsp3) is 0.238. The second-order valence-electron chi connectivity index (χ2n) is 6.82. The highest BCUT2D eigenvalue weighted by atomic mass is 19.3. The Bertz CT molecular complexity index is 1050. The standard InChI is InChI=1S/C21H19F2N3O4/c1-12-17(18(27)24-15-8-5-7-14(11-15)21(2,22)23)19(28)26(25-12)16-9-4-6-13(10-16)20(29)30-3/h4-11,17H,1-3H3,(H,24,27). The van der Waals surface area contributed by atoms with Gasteiger partial charge in [-0.15, -0.1) is 0 Å². The Hall–Kier alpha value is -3.62. The van der Waals surface area contributed by atoms with Crippen LogP contribution in [0.1, 0.15) is 29.8 Å². The van der Waals surface area contributed by atoms with Gasteiger partial charge in [0.2, 0.25) is 5.91 Å². The minimum absolute atomic E-state index is 0.144. The van der Waals surface area contributed by atoms with Crippen LogP contribution in [0.3, 0.4) is 0 Å². The van der Waals surface area contributed by atoms with Gasteiger partial charge in [-0.05, 0) is 37.3 Å². The number of rotatable bonds is 5. The maximum absolute atomic E-state index is 13.5. The molecule has 1 N–H and O–H groups in total. The number of esters is 1. The smallest absolute Gasteiger partial charge is 0.337 e. The van der Waals surface area contributed by atoms with E-state index in [-0.39, 0.29) is 22.5 Å². The molecule has 2 aromatic carbocycles. The number of amides is 2. The van der Waals surface area contributed by atoms with Crippen molar-refractivity contribution in [3.8, 4) is 0 Å². The van der Waals surface area contributed by atoms with Gasteiger partial charge in [0.1, 0.15) is 0 Å². The van der Waals surface area contributed by atoms with Crippen molar-refractivity contribution in [1.29, 1.82) is 0 Å². The Kier molecular flexibility index (Phi) is 5.64. The molecule has 1 unspecified atom stereocenters. The molecule has 0 spiro atoms. The van der Waals surface area contributed by atoms with Crippen LogP contribution in [0, 0.1) is 5.92 Å². The summed E-state index contributed by atoms with van der Waals surface area (Å²) in [6, 6.07) is 11.3. The third-order valence-electron chi connectivity index (χ3n) is 4.54. The summed E-state index contributed by atoms with van der Waals surface area (Å²) in [5.74, 6) is -6.18. The normalized spacial score (nSPS) is 16.3. The van der Waals surface area contributed by atoms with Gasteiger partial charge in [-0.2, -0.15) is 10.1 Å². The van der Waals surface area contributed by atoms with E-state index in [0.29, 0.717) is 5.69 Å². The van der Waals surface area contributed by atoms with E-state index in [4.69, 9.17) is 0 Å². The lowest BCUT2D eigenvalue weighted by molar-refractivity contribution is -0.127. The van der Waals surface area contributed by atoms with Crippen molar-refractivity contribution in [3.63, 3.8) is 0 Å². The average Bonchev–Trinajstić information content (AvgIpc) is 3.01. The predicted octanol–water partition coefficient (Wildman–Crippen LogP) is 3.56. The van der Waals surface area contributed by atoms with Gasteiger partial charge in [-0.3, -0.25) is 9.59 Å². The number of alkyl halides is 2. The average molecular weight is 415 g/mol. The third-order valence-corrected chi connectivity index (χ3v) is 4.54. The molecule has 0 fully saturated rings. The number of anilines is 2. The summed E-state index contributed by atoms with van der Waals surface area (Å²) < 4.78 is 31.7. The van der Waals surface area contributed by atoms with Gasteiger partial charge in [-0.25, -0.2) is 13.6 Å². The van der Waals surface area contributed by atoms with Gasteiger partial charge in [0.05, 0.1) is 24.1 Å². The molecule has 0 saturated heterocycles. The Morgan fingerprint density at radius 3 is 2.53 bits per heavy atom. The van der Waals surface area contributed by atoms with Crippen molar-refractivity contribution in [1.82, 2.24) is 0 Å². The molecule has 1 heterocycles. The zero-order valence-electron chi connectivity index (χ0n) is 16.5. The summed E-state index contributed by atoms with van der Waals surface area (Å²) in [5, 5.41) is 7.66. The van der Waals surface area contributed by atoms with E-state index in [9.17, 15) is 23.2 Å². The summed E-state index contributed by atoms with van der Waals surface area (Å²) in [7, 11) is 1.24. The Morgan fingerprint density at radius 1 is 1.17 bits per heavy atom. The lowest BCUT2D eigenvalue weighted by atomic mass is 10.0. The second-order valence-corrected chi connectivity index (χ2v) is 6.82. The van der Waals surface area contributed by atoms with Crippen LogP contribution in [0.4, 0.5) is 20.2 Å². The van der Waals surface area contributed by atoms with E-state index in [1.165, 1.54) is 44.4 Å². The number of hydrogen-bond acceptors (Lipinski definition) is 5. The molecule has 0 aromatic heterocycles. The predicted molar refractivity (Wildman–Crippen MR) is 107 cm³/mol. The monoisotopic (exact) mass is 415 g/mol. The molecule has 0 saturated carbocycles. The lowest BCUT2D eigenvalue weighted by Crippen LogP contribution is -2.36. The molecule has 9 heteroatoms. The first-order chi connectivity index (χ1) is 14.1. The highest BCUT2D eigenvalue weighted by Crippen LogP contribution is 2.30. The molecule has 2 aromatic rings. The Balaban J connectivity index is 1.81. The highest BCUT2D eigenvalue weighted by molar-refractivity contribution is 6.28. The number of benzene rings is 2. The van der Waals surface area contributed by atoms with Crippen LogP contribution < -0.4 is 10.3 Å². The molecule has 0 radical (unpaired) electrons. The number of carbonyl (C=O) groups excluding carboxylic acids is 3. The molecule has 7 nitrogen and oxygen atoms in total. The summed E-state index contributed by atoms with van der Waals surface area (Å²) >= 11 is 0. The van der Waals surface area contributed by atoms with Gasteiger partial charge >= 0.3 is 5.97 Å². The number of hydrogen-bond donors (Lipinski definition) is 1. The van der Waals surface area contributed by atoms with Gasteiger partial charge in [0.15, 0.2) is 5.92 Å². The molecule has 0 aliphatic carbocycles. The van der Waals surface area contributed by atoms with Crippen LogP contribution in [0.5, 0.6) is 0 Å². The topological polar surface area (TPSA) is 88.1 Å². The molecule has 1 aliphatic heterocycles. The first kappa shape index (κ1) is 21.1. The van der Waals surface area contributed by atoms with Crippen LogP contribution in [0.25, 0.3) is 0 Å². The van der Waals surface area contributed by atoms with Crippen LogP contribution in [0.2, 0.25) is 0 Å². The lowest BCUT2D eigenvalue weighted by Gasteiger charge is -2.16. The molecule has 2 amide bonds. The maximum Gasteiger partial charge on any atom is 0.337 e. The third kappa shape index (κ3) is 4.19. The summed E-state index contributed by atoms with van der Waals surface area (Å²) in [4.78, 5) is 37.3. The number of ether oxygens (including phenoxy) is 1. The van der Waals surface area contributed by atoms with Crippen LogP contribution in [0.15, 0.2) is 53.6 Å². The van der Waals surface area contributed by atoms with Crippen LogP contribution in [-0.4, -0.2) is 30.6 Å². The minimum Gasteiger partial charge on any atom is -0.465 e. The van der Waals surface area contributed by atoms with E-state index in [1.807, 2.05) is 0 Å². The van der Waals surface area contributed by atoms with Crippen molar-refractivity contribution in [3.05, 3.63) is 59.7 Å². The van der Waals surface area contributed by atoms with E-state index in [2.05, 4.69) is 15.2 Å². The molecular weight excluding hydrogens is 396 g/mol. The first-order valence-corrected chi connectivity index (χ1v) is 8.98. The van der Waals surface area contributed by atoms with Crippen molar-refractivity contribution < 1.29 is 27.9 Å². The maximum atomic E-state index is 13.5. The van der Waals surface area contributed by atoms with Gasteiger partial charge < -0.3 is 10.1 Å². The highest BCUT2D eigenvalue weighted by Gasteiger charge is 2.40. The molecule has 156 valence electrons. The number of nitrogens with one attached hydrogen (secondary N) is 1. The minimum atomic E-state index is -3.07. The zero-order valence-corrected chi connectivity index (χ0v) is 16.5. The fourth-order valence-corrected chi connectivity index (χ4v) is 3.02. The van der Waals surface area contributed by atoms with Gasteiger partial charge in [0.25, 0.3) is 11.8 Å². The van der Waals surface area contributed by atoms with E-state index >= 15 is 0 Å². The largest absolute Gasteiger partial charge is 0.465 e. The van der Waals surface area contributed by atoms with Gasteiger partial charge in [-0.1, -0.05) is 18.2 Å². The molecule has 1 atom stereocenters. The summed E-state index contributed by atoms with van der Waals surface area (Å²) in [6.07, 6.45) is 0. The second kappa shape index (κ2) is 8.02. The number of hydrazone groups is 1. The number of methoxy groups -OCH3 is 1. The molecule has 1 aliphatic rings. The quantitative estimate of drug-likeness (QED) is 0.597. The summed E-state index contributed by atoms with van der Waals surface area (Å²) in [6.45, 7) is 2.27. The Labute approximate surface area is 171 Å². The van der Waals surface area contributed by atoms with Crippen molar-refractivity contribution in [2.45, 2.75) is 19.8 Å². The number of nitrogens with zero attached hydrogens (tertiary/aromatic N) is 2. The first-order valence-electron chi connectivity index (χ1n) is 8.98. The van der Waals surface area contributed by atoms with Gasteiger partial charge in [0, 0.05) is 18.2 Å². The van der Waals surface area contributed by atoms with E-state index in [1.54, 1.807) is 12.1 Å². The summed E-state index contributed by atoms with van der Waals surface area (Å²) in [5.41, 5.74) is 0.638. The number of carbonyl (C=O) groups is 3. The SMILES string of the molecule is COC(=O)c1cccc(N2N=C(C)C(C(=O)Nc3cccc(C(C)(F)F)c3)C2=O)c1. The van der Waals surface area contributed by atoms with E-state index < -0.39 is 29.6 Å². The van der Waals surface area contributed by atoms with Crippen molar-refractivity contribution in [2.24, 2.45) is 11.0 Å². The van der Waals surface area contributed by atoms with Crippen molar-refractivity contribution >= 4 is 34.9 Å². The van der Waals surface area contributed by atoms with Crippen LogP contribution >= 0.6 is 0 Å². The Morgan fingerprint density at radius 2 is 1.87 bits per heavy atom. The van der Waals surface area contributed by atoms with E-state index in [0.717, 1.165) is 18.0 Å². The molecule has 0 bridgehead atoms. The zero-order chi connectivity index (χ0) is 22.1. The molecule has 3 rings (SSSR count). The molecule has 30 heavy (non-hydrogen) atoms. The van der Waals surface area contributed by atoms with Crippen LogP contribution in [-0.2, 0) is 20.2 Å². The number of halogens is 2.